The van der Waals surface area contributed by atoms with Crippen LogP contribution in [0.3, 0.4) is 0 Å². The molecule has 0 spiro atoms. The molecule has 1 saturated heterocycles. The van der Waals surface area contributed by atoms with Gasteiger partial charge in [0, 0.05) is 30.9 Å². The molecule has 1 aliphatic rings. The lowest BCUT2D eigenvalue weighted by Gasteiger charge is -2.26. The van der Waals surface area contributed by atoms with Crippen molar-refractivity contribution < 1.29 is 13.9 Å². The first-order chi connectivity index (χ1) is 15.1. The number of anilines is 2. The lowest BCUT2D eigenvalue weighted by molar-refractivity contribution is 0.0378. The molecule has 3 aromatic rings. The molecule has 0 aliphatic carbocycles. The summed E-state index contributed by atoms with van der Waals surface area (Å²) < 4.78 is 20.0. The molecule has 1 aromatic heterocycles. The first kappa shape index (κ1) is 21.0. The number of halogens is 1. The van der Waals surface area contributed by atoms with E-state index in [1.165, 1.54) is 23.0 Å². The highest BCUT2D eigenvalue weighted by Crippen LogP contribution is 2.22. The molecule has 8 heteroatoms. The van der Waals surface area contributed by atoms with Gasteiger partial charge in [0.15, 0.2) is 5.78 Å². The number of benzene rings is 2. The van der Waals surface area contributed by atoms with Crippen LogP contribution in [-0.2, 0) is 4.74 Å². The van der Waals surface area contributed by atoms with Crippen molar-refractivity contribution in [1.82, 2.24) is 14.7 Å². The molecule has 2 heterocycles. The van der Waals surface area contributed by atoms with E-state index in [1.807, 2.05) is 18.2 Å². The van der Waals surface area contributed by atoms with Crippen LogP contribution in [0.15, 0.2) is 54.7 Å². The lowest BCUT2D eigenvalue weighted by atomic mass is 10.0. The van der Waals surface area contributed by atoms with E-state index in [4.69, 9.17) is 10.5 Å². The van der Waals surface area contributed by atoms with E-state index in [9.17, 15) is 9.18 Å². The highest BCUT2D eigenvalue weighted by Gasteiger charge is 2.18. The Morgan fingerprint density at radius 2 is 1.94 bits per heavy atom. The van der Waals surface area contributed by atoms with Crippen molar-refractivity contribution in [2.45, 2.75) is 6.42 Å². The number of ketones is 1. The topological polar surface area (TPSA) is 85.4 Å². The van der Waals surface area contributed by atoms with Gasteiger partial charge >= 0.3 is 0 Å². The number of rotatable bonds is 8. The average Bonchev–Trinajstić information content (AvgIpc) is 3.19. The van der Waals surface area contributed by atoms with Crippen LogP contribution in [0.4, 0.5) is 15.9 Å². The molecular formula is C23H26FN5O2. The van der Waals surface area contributed by atoms with E-state index < -0.39 is 0 Å². The summed E-state index contributed by atoms with van der Waals surface area (Å²) in [6.45, 7) is 5.42. The molecule has 4 rings (SSSR count). The smallest absolute Gasteiger partial charge is 0.198 e. The van der Waals surface area contributed by atoms with Crippen molar-refractivity contribution in [3.8, 4) is 5.69 Å². The van der Waals surface area contributed by atoms with E-state index in [0.717, 1.165) is 51.5 Å². The molecule has 0 bridgehead atoms. The molecule has 1 aliphatic heterocycles. The van der Waals surface area contributed by atoms with Gasteiger partial charge in [-0.15, -0.1) is 0 Å². The standard InChI is InChI=1S/C23H26FN5O2/c24-18-5-7-20(8-6-18)29-23(25)21(16-27-29)22(30)17-3-1-4-19(15-17)26-9-2-10-28-11-13-31-14-12-28/h1,3-8,15-16,26H,2,9-14,25H2. The third-order valence-corrected chi connectivity index (χ3v) is 5.33. The highest BCUT2D eigenvalue weighted by molar-refractivity contribution is 6.12. The summed E-state index contributed by atoms with van der Waals surface area (Å²) >= 11 is 0. The molecular weight excluding hydrogens is 397 g/mol. The Labute approximate surface area is 180 Å². The third-order valence-electron chi connectivity index (χ3n) is 5.33. The van der Waals surface area contributed by atoms with Crippen molar-refractivity contribution >= 4 is 17.3 Å². The fraction of sp³-hybridized carbons (Fsp3) is 0.304. The molecule has 1 fully saturated rings. The summed E-state index contributed by atoms with van der Waals surface area (Å²) in [6, 6.07) is 13.2. The summed E-state index contributed by atoms with van der Waals surface area (Å²) in [5, 5.41) is 7.59. The van der Waals surface area contributed by atoms with Gasteiger partial charge in [0.25, 0.3) is 0 Å². The highest BCUT2D eigenvalue weighted by atomic mass is 19.1. The Morgan fingerprint density at radius 3 is 2.71 bits per heavy atom. The predicted octanol–water partition coefficient (Wildman–Crippen LogP) is 2.96. The maximum absolute atomic E-state index is 13.2. The van der Waals surface area contributed by atoms with Crippen LogP contribution in [0.25, 0.3) is 5.69 Å². The van der Waals surface area contributed by atoms with Gasteiger partial charge in [-0.1, -0.05) is 12.1 Å². The minimum Gasteiger partial charge on any atom is -0.385 e. The summed E-state index contributed by atoms with van der Waals surface area (Å²) in [6.07, 6.45) is 2.46. The van der Waals surface area contributed by atoms with Crippen molar-refractivity contribution in [3.05, 3.63) is 71.7 Å². The number of hydrogen-bond acceptors (Lipinski definition) is 6. The van der Waals surface area contributed by atoms with Crippen LogP contribution in [0.1, 0.15) is 22.3 Å². The second-order valence-electron chi connectivity index (χ2n) is 7.48. The molecule has 0 radical (unpaired) electrons. The SMILES string of the molecule is Nc1c(C(=O)c2cccc(NCCCN3CCOCC3)c2)cnn1-c1ccc(F)cc1. The fourth-order valence-corrected chi connectivity index (χ4v) is 3.61. The molecule has 0 atom stereocenters. The number of nitrogens with two attached hydrogens (primary N) is 1. The van der Waals surface area contributed by atoms with Crippen LogP contribution >= 0.6 is 0 Å². The van der Waals surface area contributed by atoms with Gasteiger partial charge in [0.05, 0.1) is 30.7 Å². The van der Waals surface area contributed by atoms with E-state index in [2.05, 4.69) is 15.3 Å². The molecule has 0 amide bonds. The maximum Gasteiger partial charge on any atom is 0.198 e. The number of nitrogens with zero attached hydrogens (tertiary/aromatic N) is 3. The Kier molecular flexibility index (Phi) is 6.59. The van der Waals surface area contributed by atoms with Crippen LogP contribution in [0.5, 0.6) is 0 Å². The van der Waals surface area contributed by atoms with Crippen LogP contribution in [-0.4, -0.2) is 59.9 Å². The number of carbonyl (C=O) groups excluding carboxylic acids is 1. The van der Waals surface area contributed by atoms with Crippen LogP contribution < -0.4 is 11.1 Å². The molecule has 31 heavy (non-hydrogen) atoms. The maximum atomic E-state index is 13.2. The predicted molar refractivity (Wildman–Crippen MR) is 118 cm³/mol. The Balaban J connectivity index is 1.39. The molecule has 0 saturated carbocycles. The van der Waals surface area contributed by atoms with Gasteiger partial charge in [-0.05, 0) is 49.4 Å². The molecule has 3 N–H and O–H groups in total. The Bertz CT molecular complexity index is 1030. The van der Waals surface area contributed by atoms with E-state index >= 15 is 0 Å². The fourth-order valence-electron chi connectivity index (χ4n) is 3.61. The van der Waals surface area contributed by atoms with Crippen LogP contribution in [0.2, 0.25) is 0 Å². The van der Waals surface area contributed by atoms with Gasteiger partial charge in [0.1, 0.15) is 11.6 Å². The number of nitrogens with one attached hydrogen (secondary N) is 1. The van der Waals surface area contributed by atoms with Crippen molar-refractivity contribution in [2.75, 3.05) is 50.4 Å². The minimum absolute atomic E-state index is 0.206. The largest absolute Gasteiger partial charge is 0.385 e. The van der Waals surface area contributed by atoms with Gasteiger partial charge < -0.3 is 15.8 Å². The monoisotopic (exact) mass is 423 g/mol. The molecule has 0 unspecified atom stereocenters. The zero-order valence-electron chi connectivity index (χ0n) is 17.3. The van der Waals surface area contributed by atoms with Crippen molar-refractivity contribution in [1.29, 1.82) is 0 Å². The van der Waals surface area contributed by atoms with Gasteiger partial charge in [0.2, 0.25) is 0 Å². The Hall–Kier alpha value is -3.23. The average molecular weight is 423 g/mol. The van der Waals surface area contributed by atoms with Crippen molar-refractivity contribution in [2.24, 2.45) is 0 Å². The zero-order chi connectivity index (χ0) is 21.6. The summed E-state index contributed by atoms with van der Waals surface area (Å²) in [4.78, 5) is 15.4. The number of carbonyl (C=O) groups is 1. The first-order valence-corrected chi connectivity index (χ1v) is 10.4. The third kappa shape index (κ3) is 5.10. The van der Waals surface area contributed by atoms with Gasteiger partial charge in [-0.3, -0.25) is 9.69 Å². The second kappa shape index (κ2) is 9.72. The molecule has 2 aromatic carbocycles. The zero-order valence-corrected chi connectivity index (χ0v) is 17.3. The van der Waals surface area contributed by atoms with E-state index in [-0.39, 0.29) is 17.4 Å². The number of ether oxygens (including phenoxy) is 1. The van der Waals surface area contributed by atoms with Gasteiger partial charge in [-0.2, -0.15) is 5.10 Å². The summed E-state index contributed by atoms with van der Waals surface area (Å²) in [5.74, 6) is -0.330. The number of nitrogen functional groups attached to an aromatic ring is 1. The molecule has 162 valence electrons. The number of hydrogen-bond donors (Lipinski definition) is 2. The molecule has 7 nitrogen and oxygen atoms in total. The second-order valence-corrected chi connectivity index (χ2v) is 7.48. The first-order valence-electron chi connectivity index (χ1n) is 10.4. The number of aromatic nitrogens is 2. The summed E-state index contributed by atoms with van der Waals surface area (Å²) in [5.41, 5.74) is 8.50. The quantitative estimate of drug-likeness (QED) is 0.428. The van der Waals surface area contributed by atoms with E-state index in [1.54, 1.807) is 18.2 Å². The van der Waals surface area contributed by atoms with Crippen LogP contribution in [0, 0.1) is 5.82 Å². The van der Waals surface area contributed by atoms with Crippen molar-refractivity contribution in [3.63, 3.8) is 0 Å². The number of morpholine rings is 1. The summed E-state index contributed by atoms with van der Waals surface area (Å²) in [7, 11) is 0. The Morgan fingerprint density at radius 1 is 1.16 bits per heavy atom. The van der Waals surface area contributed by atoms with E-state index in [0.29, 0.717) is 16.8 Å². The lowest BCUT2D eigenvalue weighted by Crippen LogP contribution is -2.37. The van der Waals surface area contributed by atoms with Gasteiger partial charge in [-0.25, -0.2) is 9.07 Å². The minimum atomic E-state index is -0.347. The normalized spacial score (nSPS) is 14.5.